The molecule has 0 aliphatic carbocycles. The Morgan fingerprint density at radius 1 is 0.545 bits per heavy atom. The lowest BCUT2D eigenvalue weighted by Crippen LogP contribution is -2.64. The van der Waals surface area contributed by atoms with Crippen molar-refractivity contribution in [3.05, 3.63) is 47.6 Å². The number of allylic oxidation sites excluding steroid dienone is 5. The Morgan fingerprint density at radius 2 is 1.00 bits per heavy atom. The molecule has 440 valence electrons. The van der Waals surface area contributed by atoms with Crippen molar-refractivity contribution < 1.29 is 133 Å². The average molecular weight is 1110 g/mol. The highest BCUT2D eigenvalue weighted by Crippen LogP contribution is 2.34. The van der Waals surface area contributed by atoms with Crippen LogP contribution in [0, 0.1) is 0 Å². The largest absolute Gasteiger partial charge is 0.481 e. The molecule has 4 fully saturated rings. The zero-order valence-corrected chi connectivity index (χ0v) is 43.6. The summed E-state index contributed by atoms with van der Waals surface area (Å²) in [5.74, 6) is -5.20. The smallest absolute Gasteiger partial charge is 0.317 e. The van der Waals surface area contributed by atoms with Crippen molar-refractivity contribution in [2.75, 3.05) is 26.4 Å². The molecule has 0 radical (unpaired) electrons. The van der Waals surface area contributed by atoms with Gasteiger partial charge in [0.25, 0.3) is 0 Å². The number of rotatable bonds is 28. The fraction of sp³-hybridized carbons (Fsp3) is 0.760. The first-order valence-corrected chi connectivity index (χ1v) is 25.2. The van der Waals surface area contributed by atoms with Gasteiger partial charge in [-0.25, -0.2) is 0 Å². The molecule has 4 aliphatic heterocycles. The summed E-state index contributed by atoms with van der Waals surface area (Å²) in [6, 6.07) is 0. The average Bonchev–Trinajstić information content (AvgIpc) is 3.37. The van der Waals surface area contributed by atoms with E-state index in [0.717, 1.165) is 11.1 Å². The summed E-state index contributed by atoms with van der Waals surface area (Å²) in [5.41, 5.74) is 1.68. The number of aliphatic hydroxyl groups excluding tert-OH is 11. The van der Waals surface area contributed by atoms with Gasteiger partial charge in [-0.05, 0) is 73.1 Å². The molecule has 4 rings (SSSR count). The molecule has 27 nitrogen and oxygen atoms in total. The van der Waals surface area contributed by atoms with E-state index in [0.29, 0.717) is 44.1 Å². The summed E-state index contributed by atoms with van der Waals surface area (Å²) in [4.78, 5) is 46.1. The van der Waals surface area contributed by atoms with Gasteiger partial charge in [-0.1, -0.05) is 41.0 Å². The van der Waals surface area contributed by atoms with Crippen molar-refractivity contribution in [1.82, 2.24) is 0 Å². The third-order valence-corrected chi connectivity index (χ3v) is 13.4. The van der Waals surface area contributed by atoms with Crippen LogP contribution < -0.4 is 0 Å². The number of carbonyl (C=O) groups excluding carboxylic acids is 2. The van der Waals surface area contributed by atoms with Gasteiger partial charge in [0.1, 0.15) is 118 Å². The van der Waals surface area contributed by atoms with Crippen LogP contribution in [0.2, 0.25) is 0 Å². The molecule has 0 aromatic carbocycles. The van der Waals surface area contributed by atoms with Gasteiger partial charge in [-0.3, -0.25) is 19.2 Å². The molecule has 0 spiro atoms. The van der Waals surface area contributed by atoms with E-state index in [1.165, 1.54) is 13.0 Å². The summed E-state index contributed by atoms with van der Waals surface area (Å²) < 4.78 is 56.2. The first-order valence-electron chi connectivity index (χ1n) is 25.2. The summed E-state index contributed by atoms with van der Waals surface area (Å²) in [6.45, 7) is 10.4. The minimum absolute atomic E-state index is 0.114. The Kier molecular flexibility index (Phi) is 26.1. The molecule has 0 aromatic heterocycles. The van der Waals surface area contributed by atoms with E-state index in [2.05, 4.69) is 12.7 Å². The molecule has 4 saturated heterocycles. The molecule has 0 bridgehead atoms. The lowest BCUT2D eigenvalue weighted by Gasteiger charge is -2.47. The zero-order chi connectivity index (χ0) is 57.5. The van der Waals surface area contributed by atoms with Crippen LogP contribution in [-0.4, -0.2) is 245 Å². The predicted octanol–water partition coefficient (Wildman–Crippen LogP) is -2.53. The number of ether oxygens (including phenoxy) is 10. The SMILES string of the molecule is C=C[C@](C)(CC/C=C(\C)CC/C=C(\C)CC/C=C(/C)CO[C@@H]1O[C@H](COC(=O)CC(=O)O)[C@@H](O)[C@H](O)[C@H]1OC1O[C@H](CO)[C@@H](O)[C@H](O)[C@H]1O)O[C@@H]1O[C@H](COC(=O)CC(=O)O)[C@@H](O[C@@H]2O[C@@H](C)[C@H](O)[C@@H](O)[C@H]2O)[C@H](O)[C@H]1O. The van der Waals surface area contributed by atoms with Crippen molar-refractivity contribution in [2.45, 2.75) is 214 Å². The Hall–Kier alpha value is -3.92. The van der Waals surface area contributed by atoms with E-state index in [4.69, 9.17) is 57.6 Å². The highest BCUT2D eigenvalue weighted by atomic mass is 16.8. The Bertz CT molecular complexity index is 2010. The Morgan fingerprint density at radius 3 is 1.56 bits per heavy atom. The van der Waals surface area contributed by atoms with Crippen molar-refractivity contribution in [1.29, 1.82) is 0 Å². The van der Waals surface area contributed by atoms with E-state index in [-0.39, 0.29) is 6.61 Å². The van der Waals surface area contributed by atoms with E-state index >= 15 is 0 Å². The van der Waals surface area contributed by atoms with Crippen molar-refractivity contribution in [3.8, 4) is 0 Å². The van der Waals surface area contributed by atoms with Gasteiger partial charge >= 0.3 is 23.9 Å². The van der Waals surface area contributed by atoms with Crippen LogP contribution in [0.15, 0.2) is 47.6 Å². The van der Waals surface area contributed by atoms with E-state index in [1.54, 1.807) is 13.8 Å². The molecule has 0 saturated carbocycles. The first-order chi connectivity index (χ1) is 36.2. The van der Waals surface area contributed by atoms with Gasteiger partial charge in [0, 0.05) is 0 Å². The van der Waals surface area contributed by atoms with E-state index in [1.807, 2.05) is 26.0 Å². The molecule has 21 atom stereocenters. The maximum absolute atomic E-state index is 12.2. The normalized spacial score (nSPS) is 37.1. The third kappa shape index (κ3) is 19.1. The van der Waals surface area contributed by atoms with Crippen LogP contribution >= 0.6 is 0 Å². The molecule has 0 aromatic rings. The number of carboxylic acids is 2. The van der Waals surface area contributed by atoms with Crippen LogP contribution in [0.3, 0.4) is 0 Å². The molecule has 27 heteroatoms. The summed E-state index contributed by atoms with van der Waals surface area (Å²) in [6.07, 6.45) is -23.6. The van der Waals surface area contributed by atoms with Crippen LogP contribution in [0.25, 0.3) is 0 Å². The fourth-order valence-electron chi connectivity index (χ4n) is 8.59. The maximum Gasteiger partial charge on any atom is 0.317 e. The molecular weight excluding hydrogens is 1030 g/mol. The number of hydrogen-bond acceptors (Lipinski definition) is 25. The second-order valence-corrected chi connectivity index (χ2v) is 19.8. The standard InChI is InChI=1S/C50H78O27/c1-7-50(6,77-48-43(67)40(64)44(29(74-48)22-69-33(57)18-31(54)55)75-46-41(65)37(61)34(58)26(5)71-46)16-10-15-24(3)12-8-11-23(2)13-9-14-25(4)20-70-49-45(76-47-42(66)38(62)35(59)27(19-51)72-47)39(63)36(60)28(73-49)21-68-32(56)17-30(52)53/h7,11,14-15,26-29,34-49,51,58-67H,1,8-10,12-13,16-22H2,2-6H3,(H,52,53)(H,54,55)/b23-11+,24-15+,25-14-/t26-,27+,28+,29+,34-,35+,36+,37+,38-,39-,40+,41+,42+,43+,44+,45+,46-,47?,48-,49+,50+/m0/s1. The minimum Gasteiger partial charge on any atom is -0.481 e. The topological polar surface area (TPSA) is 424 Å². The number of aliphatic hydroxyl groups is 11. The van der Waals surface area contributed by atoms with E-state index < -0.39 is 185 Å². The monoisotopic (exact) mass is 1110 g/mol. The van der Waals surface area contributed by atoms with E-state index in [9.17, 15) is 75.3 Å². The minimum atomic E-state index is -1.87. The van der Waals surface area contributed by atoms with Gasteiger partial charge in [0.05, 0.1) is 24.9 Å². The Labute approximate surface area is 444 Å². The number of carbonyl (C=O) groups is 4. The van der Waals surface area contributed by atoms with Gasteiger partial charge in [-0.15, -0.1) is 6.58 Å². The lowest BCUT2D eigenvalue weighted by atomic mass is 9.95. The summed E-state index contributed by atoms with van der Waals surface area (Å²) in [5, 5.41) is 134. The number of esters is 2. The summed E-state index contributed by atoms with van der Waals surface area (Å²) in [7, 11) is 0. The van der Waals surface area contributed by atoms with Crippen molar-refractivity contribution >= 4 is 23.9 Å². The highest BCUT2D eigenvalue weighted by molar-refractivity contribution is 5.90. The second-order valence-electron chi connectivity index (χ2n) is 19.8. The molecule has 0 amide bonds. The van der Waals surface area contributed by atoms with Crippen molar-refractivity contribution in [3.63, 3.8) is 0 Å². The molecule has 1 unspecified atom stereocenters. The van der Waals surface area contributed by atoms with Gasteiger partial charge in [0.2, 0.25) is 0 Å². The maximum atomic E-state index is 12.2. The van der Waals surface area contributed by atoms with Crippen LogP contribution in [0.5, 0.6) is 0 Å². The van der Waals surface area contributed by atoms with Crippen LogP contribution in [0.1, 0.15) is 86.0 Å². The van der Waals surface area contributed by atoms with Gasteiger partial charge < -0.3 is 114 Å². The molecule has 4 aliphatic rings. The Balaban J connectivity index is 1.30. The second kappa shape index (κ2) is 30.6. The van der Waals surface area contributed by atoms with Crippen LogP contribution in [0.4, 0.5) is 0 Å². The first kappa shape index (κ1) is 65.6. The quantitative estimate of drug-likeness (QED) is 0.0218. The van der Waals surface area contributed by atoms with Gasteiger partial charge in [-0.2, -0.15) is 0 Å². The van der Waals surface area contributed by atoms with Gasteiger partial charge in [0.15, 0.2) is 25.2 Å². The third-order valence-electron chi connectivity index (χ3n) is 13.4. The molecule has 13 N–H and O–H groups in total. The van der Waals surface area contributed by atoms with Crippen molar-refractivity contribution in [2.24, 2.45) is 0 Å². The number of hydrogen-bond donors (Lipinski definition) is 13. The number of carboxylic acid groups (broad SMARTS) is 2. The predicted molar refractivity (Wildman–Crippen MR) is 258 cm³/mol. The zero-order valence-electron chi connectivity index (χ0n) is 43.6. The number of aliphatic carboxylic acids is 2. The fourth-order valence-corrected chi connectivity index (χ4v) is 8.59. The molecule has 77 heavy (non-hydrogen) atoms. The molecule has 4 heterocycles. The lowest BCUT2D eigenvalue weighted by molar-refractivity contribution is -0.366. The van der Waals surface area contributed by atoms with Crippen LogP contribution in [-0.2, 0) is 66.5 Å². The molecular formula is C50H78O27. The summed E-state index contributed by atoms with van der Waals surface area (Å²) >= 11 is 0. The highest BCUT2D eigenvalue weighted by Gasteiger charge is 2.53.